The second-order valence-corrected chi connectivity index (χ2v) is 10.2. The molecule has 0 bridgehead atoms. The molecule has 2 amide bonds. The summed E-state index contributed by atoms with van der Waals surface area (Å²) in [5.41, 5.74) is 0.574. The lowest BCUT2D eigenvalue weighted by molar-refractivity contribution is -0.137. The van der Waals surface area contributed by atoms with Gasteiger partial charge in [0.25, 0.3) is 5.91 Å². The van der Waals surface area contributed by atoms with Crippen LogP contribution in [0.15, 0.2) is 18.2 Å². The van der Waals surface area contributed by atoms with Crippen LogP contribution in [-0.2, 0) is 4.79 Å². The molecule has 2 fully saturated rings. The fourth-order valence-electron chi connectivity index (χ4n) is 4.38. The quantitative estimate of drug-likeness (QED) is 0.549. The molecule has 4 nitrogen and oxygen atoms in total. The number of carbonyl (C=O) groups is 2. The van der Waals surface area contributed by atoms with Crippen molar-refractivity contribution in [2.45, 2.75) is 57.2 Å². The molecule has 1 aromatic carbocycles. The minimum absolute atomic E-state index is 0.00252. The Morgan fingerprint density at radius 2 is 1.86 bits per heavy atom. The van der Waals surface area contributed by atoms with Crippen LogP contribution in [0.2, 0.25) is 10.0 Å². The number of rotatable bonds is 6. The Labute approximate surface area is 188 Å². The van der Waals surface area contributed by atoms with E-state index in [0.717, 1.165) is 63.9 Å². The first-order valence-corrected chi connectivity index (χ1v) is 12.4. The number of likely N-dealkylation sites (tertiary alicyclic amines) is 1. The lowest BCUT2D eigenvalue weighted by atomic mass is 9.95. The van der Waals surface area contributed by atoms with E-state index in [2.05, 4.69) is 13.8 Å². The first kappa shape index (κ1) is 22.8. The summed E-state index contributed by atoms with van der Waals surface area (Å²) >= 11 is 14.0. The molecule has 7 heteroatoms. The number of amides is 2. The lowest BCUT2D eigenvalue weighted by Crippen LogP contribution is -2.54. The Balaban J connectivity index is 1.67. The predicted octanol–water partition coefficient (Wildman–Crippen LogP) is 5.72. The van der Waals surface area contributed by atoms with Crippen LogP contribution >= 0.6 is 35.0 Å². The van der Waals surface area contributed by atoms with E-state index in [4.69, 9.17) is 23.2 Å². The Morgan fingerprint density at radius 1 is 1.14 bits per heavy atom. The third kappa shape index (κ3) is 4.88. The van der Waals surface area contributed by atoms with E-state index < -0.39 is 0 Å². The molecule has 0 saturated carbocycles. The van der Waals surface area contributed by atoms with Crippen molar-refractivity contribution in [2.75, 3.05) is 25.4 Å². The molecule has 2 heterocycles. The van der Waals surface area contributed by atoms with Crippen LogP contribution < -0.4 is 0 Å². The van der Waals surface area contributed by atoms with E-state index in [-0.39, 0.29) is 16.7 Å². The number of thioether (sulfide) groups is 1. The van der Waals surface area contributed by atoms with Crippen LogP contribution in [0.1, 0.15) is 62.7 Å². The highest BCUT2D eigenvalue weighted by Gasteiger charge is 2.47. The van der Waals surface area contributed by atoms with E-state index in [0.29, 0.717) is 21.5 Å². The standard InChI is InChI=1S/C22H30Cl2N2O2S/c1-3-5-6-16(4-2)20(27)25-11-9-22(10-12-25)26(13-14-29-22)21(28)17-7-8-18(23)19(24)15-17/h7-8,15-16H,3-6,9-14H2,1-2H3. The normalized spacial score (nSPS) is 19.6. The van der Waals surface area contributed by atoms with Crippen molar-refractivity contribution >= 4 is 46.8 Å². The number of halogens is 2. The fourth-order valence-corrected chi connectivity index (χ4v) is 6.14. The van der Waals surface area contributed by atoms with Gasteiger partial charge in [0.05, 0.1) is 14.9 Å². The van der Waals surface area contributed by atoms with E-state index in [1.54, 1.807) is 18.2 Å². The molecule has 1 unspecified atom stereocenters. The van der Waals surface area contributed by atoms with Crippen molar-refractivity contribution in [3.63, 3.8) is 0 Å². The molecule has 1 atom stereocenters. The topological polar surface area (TPSA) is 40.6 Å². The zero-order chi connectivity index (χ0) is 21.0. The molecular weight excluding hydrogens is 427 g/mol. The van der Waals surface area contributed by atoms with Crippen molar-refractivity contribution in [3.8, 4) is 0 Å². The Morgan fingerprint density at radius 3 is 2.48 bits per heavy atom. The molecule has 0 N–H and O–H groups in total. The summed E-state index contributed by atoms with van der Waals surface area (Å²) in [6.45, 7) is 6.44. The van der Waals surface area contributed by atoms with Gasteiger partial charge in [0.2, 0.25) is 5.91 Å². The number of hydrogen-bond donors (Lipinski definition) is 0. The molecule has 3 rings (SSSR count). The van der Waals surface area contributed by atoms with E-state index in [1.807, 2.05) is 21.6 Å². The summed E-state index contributed by atoms with van der Waals surface area (Å²) in [4.78, 5) is 30.0. The molecule has 1 spiro atoms. The zero-order valence-corrected chi connectivity index (χ0v) is 19.6. The second kappa shape index (κ2) is 9.93. The molecular formula is C22H30Cl2N2O2S. The van der Waals surface area contributed by atoms with Gasteiger partial charge in [-0.25, -0.2) is 0 Å². The molecule has 0 radical (unpaired) electrons. The zero-order valence-electron chi connectivity index (χ0n) is 17.3. The van der Waals surface area contributed by atoms with Gasteiger partial charge in [-0.15, -0.1) is 11.8 Å². The summed E-state index contributed by atoms with van der Waals surface area (Å²) < 4.78 is 0. The number of unbranched alkanes of at least 4 members (excludes halogenated alkanes) is 1. The summed E-state index contributed by atoms with van der Waals surface area (Å²) in [7, 11) is 0. The molecule has 160 valence electrons. The van der Waals surface area contributed by atoms with E-state index in [9.17, 15) is 9.59 Å². The van der Waals surface area contributed by atoms with Gasteiger partial charge in [-0.2, -0.15) is 0 Å². The van der Waals surface area contributed by atoms with Crippen LogP contribution in [0.25, 0.3) is 0 Å². The van der Waals surface area contributed by atoms with Crippen LogP contribution in [0, 0.1) is 5.92 Å². The summed E-state index contributed by atoms with van der Waals surface area (Å²) in [5.74, 6) is 1.35. The predicted molar refractivity (Wildman–Crippen MR) is 122 cm³/mol. The van der Waals surface area contributed by atoms with Gasteiger partial charge in [-0.1, -0.05) is 49.9 Å². The van der Waals surface area contributed by atoms with Gasteiger partial charge in [0, 0.05) is 36.9 Å². The van der Waals surface area contributed by atoms with Gasteiger partial charge in [-0.05, 0) is 43.9 Å². The van der Waals surface area contributed by atoms with Crippen molar-refractivity contribution in [3.05, 3.63) is 33.8 Å². The number of hydrogen-bond acceptors (Lipinski definition) is 3. The second-order valence-electron chi connectivity index (χ2n) is 7.95. The Kier molecular flexibility index (Phi) is 7.80. The smallest absolute Gasteiger partial charge is 0.255 e. The molecule has 2 aliphatic rings. The number of nitrogens with zero attached hydrogens (tertiary/aromatic N) is 2. The number of carbonyl (C=O) groups excluding carboxylic acids is 2. The third-order valence-corrected chi connectivity index (χ3v) is 8.49. The van der Waals surface area contributed by atoms with Crippen LogP contribution in [0.3, 0.4) is 0 Å². The highest BCUT2D eigenvalue weighted by Crippen LogP contribution is 2.45. The average molecular weight is 457 g/mol. The van der Waals surface area contributed by atoms with Crippen molar-refractivity contribution in [1.82, 2.24) is 9.80 Å². The monoisotopic (exact) mass is 456 g/mol. The molecule has 0 aromatic heterocycles. The van der Waals surface area contributed by atoms with Crippen LogP contribution in [0.4, 0.5) is 0 Å². The van der Waals surface area contributed by atoms with Crippen molar-refractivity contribution < 1.29 is 9.59 Å². The minimum Gasteiger partial charge on any atom is -0.342 e. The summed E-state index contributed by atoms with van der Waals surface area (Å²) in [5, 5.41) is 0.852. The molecule has 0 aliphatic carbocycles. The first-order chi connectivity index (χ1) is 13.9. The highest BCUT2D eigenvalue weighted by atomic mass is 35.5. The third-order valence-electron chi connectivity index (χ3n) is 6.19. The average Bonchev–Trinajstić information content (AvgIpc) is 3.13. The number of piperidine rings is 1. The summed E-state index contributed by atoms with van der Waals surface area (Å²) in [6, 6.07) is 5.07. The Bertz CT molecular complexity index is 750. The van der Waals surface area contributed by atoms with Gasteiger partial charge >= 0.3 is 0 Å². The SMILES string of the molecule is CCCCC(CC)C(=O)N1CCC2(CC1)SCCN2C(=O)c1ccc(Cl)c(Cl)c1. The van der Waals surface area contributed by atoms with Crippen molar-refractivity contribution in [2.24, 2.45) is 5.92 Å². The van der Waals surface area contributed by atoms with Gasteiger partial charge in [-0.3, -0.25) is 9.59 Å². The van der Waals surface area contributed by atoms with Crippen LogP contribution in [-0.4, -0.2) is 51.9 Å². The van der Waals surface area contributed by atoms with Gasteiger partial charge < -0.3 is 9.80 Å². The molecule has 29 heavy (non-hydrogen) atoms. The molecule has 2 aliphatic heterocycles. The Hall–Kier alpha value is -0.910. The fraction of sp³-hybridized carbons (Fsp3) is 0.636. The maximum absolute atomic E-state index is 13.2. The van der Waals surface area contributed by atoms with Crippen molar-refractivity contribution in [1.29, 1.82) is 0 Å². The maximum Gasteiger partial charge on any atom is 0.255 e. The first-order valence-electron chi connectivity index (χ1n) is 10.6. The van der Waals surface area contributed by atoms with E-state index in [1.165, 1.54) is 0 Å². The maximum atomic E-state index is 13.2. The largest absolute Gasteiger partial charge is 0.342 e. The minimum atomic E-state index is -0.217. The van der Waals surface area contributed by atoms with Gasteiger partial charge in [0.15, 0.2) is 0 Å². The highest BCUT2D eigenvalue weighted by molar-refractivity contribution is 8.00. The summed E-state index contributed by atoms with van der Waals surface area (Å²) in [6.07, 6.45) is 5.74. The molecule has 2 saturated heterocycles. The van der Waals surface area contributed by atoms with Gasteiger partial charge in [0.1, 0.15) is 0 Å². The van der Waals surface area contributed by atoms with Crippen LogP contribution in [0.5, 0.6) is 0 Å². The number of benzene rings is 1. The van der Waals surface area contributed by atoms with E-state index >= 15 is 0 Å². The lowest BCUT2D eigenvalue weighted by Gasteiger charge is -2.44. The molecule has 1 aromatic rings.